The minimum Gasteiger partial charge on any atom is -0.342 e. The van der Waals surface area contributed by atoms with Gasteiger partial charge in [0.1, 0.15) is 0 Å². The maximum atomic E-state index is 12.1. The first-order chi connectivity index (χ1) is 10.3. The van der Waals surface area contributed by atoms with Gasteiger partial charge < -0.3 is 4.90 Å². The number of carbonyl (C=O) groups is 1. The molecule has 0 radical (unpaired) electrons. The highest BCUT2D eigenvalue weighted by molar-refractivity contribution is 6.18. The molecule has 1 aliphatic heterocycles. The Labute approximate surface area is 130 Å². The number of halogens is 1. The zero-order valence-electron chi connectivity index (χ0n) is 12.2. The topological polar surface area (TPSA) is 46.1 Å². The number of rotatable bonds is 4. The fourth-order valence-corrected chi connectivity index (χ4v) is 4.15. The molecule has 4 nitrogen and oxygen atoms in total. The van der Waals surface area contributed by atoms with Gasteiger partial charge in [-0.3, -0.25) is 14.8 Å². The van der Waals surface area contributed by atoms with Gasteiger partial charge in [-0.15, -0.1) is 11.6 Å². The molecular weight excluding hydrogens is 286 g/mol. The summed E-state index contributed by atoms with van der Waals surface area (Å²) in [4.78, 5) is 22.7. The maximum absolute atomic E-state index is 12.1. The number of nitrogens with zero attached hydrogens (tertiary/aromatic N) is 3. The molecule has 1 aromatic heterocycles. The lowest BCUT2D eigenvalue weighted by Crippen LogP contribution is -2.30. The lowest BCUT2D eigenvalue weighted by molar-refractivity contribution is -0.130. The highest BCUT2D eigenvalue weighted by Gasteiger charge is 2.41. The Morgan fingerprint density at radius 2 is 2.24 bits per heavy atom. The number of carbonyl (C=O) groups excluding carboxylic acids is 1. The van der Waals surface area contributed by atoms with E-state index in [1.54, 1.807) is 12.4 Å². The number of aromatic nitrogens is 2. The van der Waals surface area contributed by atoms with Crippen LogP contribution in [0.2, 0.25) is 0 Å². The second kappa shape index (κ2) is 6.73. The lowest BCUT2D eigenvalue weighted by Gasteiger charge is -2.32. The van der Waals surface area contributed by atoms with Crippen molar-refractivity contribution in [2.75, 3.05) is 19.0 Å². The predicted molar refractivity (Wildman–Crippen MR) is 82.0 cm³/mol. The van der Waals surface area contributed by atoms with Crippen molar-refractivity contribution in [1.29, 1.82) is 0 Å². The number of hydrogen-bond acceptors (Lipinski definition) is 3. The van der Waals surface area contributed by atoms with Gasteiger partial charge >= 0.3 is 0 Å². The highest BCUT2D eigenvalue weighted by Crippen LogP contribution is 2.41. The molecule has 0 N–H and O–H groups in total. The SMILES string of the molecule is O=C(CCCl)N1C[C@H]2CCC[C@H](Cc3cnccn3)[C@H]2C1. The van der Waals surface area contributed by atoms with E-state index in [0.717, 1.165) is 25.2 Å². The van der Waals surface area contributed by atoms with Gasteiger partial charge in [-0.25, -0.2) is 0 Å². The zero-order valence-corrected chi connectivity index (χ0v) is 13.0. The normalized spacial score (nSPS) is 28.4. The molecule has 21 heavy (non-hydrogen) atoms. The van der Waals surface area contributed by atoms with Crippen molar-refractivity contribution < 1.29 is 4.79 Å². The second-order valence-electron chi connectivity index (χ2n) is 6.25. The summed E-state index contributed by atoms with van der Waals surface area (Å²) in [6, 6.07) is 0. The first-order valence-electron chi connectivity index (χ1n) is 7.86. The number of fused-ring (bicyclic) bond motifs is 1. The van der Waals surface area contributed by atoms with Gasteiger partial charge in [0, 0.05) is 44.0 Å². The van der Waals surface area contributed by atoms with E-state index < -0.39 is 0 Å². The summed E-state index contributed by atoms with van der Waals surface area (Å²) in [5.74, 6) is 2.57. The Morgan fingerprint density at radius 1 is 1.33 bits per heavy atom. The summed E-state index contributed by atoms with van der Waals surface area (Å²) in [5.41, 5.74) is 1.08. The molecule has 1 aliphatic carbocycles. The third-order valence-corrected chi connectivity index (χ3v) is 5.18. The minimum absolute atomic E-state index is 0.220. The maximum Gasteiger partial charge on any atom is 0.223 e. The molecule has 2 aliphatic rings. The number of alkyl halides is 1. The molecule has 3 atom stereocenters. The molecule has 0 unspecified atom stereocenters. The van der Waals surface area contributed by atoms with E-state index in [9.17, 15) is 4.79 Å². The van der Waals surface area contributed by atoms with Crippen LogP contribution in [0, 0.1) is 17.8 Å². The average molecular weight is 308 g/mol. The average Bonchev–Trinajstić information content (AvgIpc) is 2.94. The highest BCUT2D eigenvalue weighted by atomic mass is 35.5. The second-order valence-corrected chi connectivity index (χ2v) is 6.63. The van der Waals surface area contributed by atoms with Gasteiger partial charge in [0.15, 0.2) is 0 Å². The molecule has 1 aromatic rings. The molecular formula is C16H22ClN3O. The minimum atomic E-state index is 0.220. The summed E-state index contributed by atoms with van der Waals surface area (Å²) >= 11 is 5.70. The van der Waals surface area contributed by atoms with Crippen LogP contribution >= 0.6 is 11.6 Å². The van der Waals surface area contributed by atoms with Gasteiger partial charge in [-0.05, 0) is 37.0 Å². The van der Waals surface area contributed by atoms with Crippen molar-refractivity contribution in [1.82, 2.24) is 14.9 Å². The van der Waals surface area contributed by atoms with E-state index in [1.165, 1.54) is 19.3 Å². The summed E-state index contributed by atoms with van der Waals surface area (Å²) in [6.45, 7) is 1.84. The van der Waals surface area contributed by atoms with Crippen molar-refractivity contribution in [3.63, 3.8) is 0 Å². The fourth-order valence-electron chi connectivity index (χ4n) is 3.99. The number of amides is 1. The van der Waals surface area contributed by atoms with E-state index in [-0.39, 0.29) is 5.91 Å². The van der Waals surface area contributed by atoms with Crippen LogP contribution in [0.4, 0.5) is 0 Å². The van der Waals surface area contributed by atoms with Crippen LogP contribution in [0.1, 0.15) is 31.4 Å². The smallest absolute Gasteiger partial charge is 0.223 e. The summed E-state index contributed by atoms with van der Waals surface area (Å²) in [7, 11) is 0. The zero-order chi connectivity index (χ0) is 14.7. The van der Waals surface area contributed by atoms with Gasteiger partial charge in [0.25, 0.3) is 0 Å². The standard InChI is InChI=1S/C16H22ClN3O/c17-5-4-16(21)20-10-13-3-1-2-12(15(13)11-20)8-14-9-18-6-7-19-14/h6-7,9,12-13,15H,1-5,8,10-11H2/t12-,13-,15-/m1/s1. The Morgan fingerprint density at radius 3 is 3.00 bits per heavy atom. The monoisotopic (exact) mass is 307 g/mol. The molecule has 2 fully saturated rings. The van der Waals surface area contributed by atoms with Crippen molar-refractivity contribution in [2.45, 2.75) is 32.1 Å². The van der Waals surface area contributed by atoms with Crippen molar-refractivity contribution in [3.8, 4) is 0 Å². The predicted octanol–water partition coefficient (Wildman–Crippen LogP) is 2.52. The molecule has 1 amide bonds. The first-order valence-corrected chi connectivity index (χ1v) is 8.40. The number of likely N-dealkylation sites (tertiary alicyclic amines) is 1. The van der Waals surface area contributed by atoms with Gasteiger partial charge in [0.05, 0.1) is 5.69 Å². The first kappa shape index (κ1) is 14.8. The summed E-state index contributed by atoms with van der Waals surface area (Å²) in [6.07, 6.45) is 10.6. The van der Waals surface area contributed by atoms with Crippen LogP contribution in [0.25, 0.3) is 0 Å². The van der Waals surface area contributed by atoms with Crippen LogP contribution < -0.4 is 0 Å². The van der Waals surface area contributed by atoms with Crippen molar-refractivity contribution >= 4 is 17.5 Å². The van der Waals surface area contributed by atoms with Crippen LogP contribution in [0.5, 0.6) is 0 Å². The number of hydrogen-bond donors (Lipinski definition) is 0. The van der Waals surface area contributed by atoms with E-state index in [0.29, 0.717) is 30.1 Å². The van der Waals surface area contributed by atoms with Crippen LogP contribution in [0.3, 0.4) is 0 Å². The Bertz CT molecular complexity index is 482. The van der Waals surface area contributed by atoms with Gasteiger partial charge in [-0.1, -0.05) is 6.42 Å². The van der Waals surface area contributed by atoms with Crippen molar-refractivity contribution in [3.05, 3.63) is 24.3 Å². The van der Waals surface area contributed by atoms with Crippen molar-refractivity contribution in [2.24, 2.45) is 17.8 Å². The molecule has 1 saturated carbocycles. The summed E-state index contributed by atoms with van der Waals surface area (Å²) < 4.78 is 0. The van der Waals surface area contributed by atoms with Crippen LogP contribution in [-0.2, 0) is 11.2 Å². The molecule has 2 heterocycles. The molecule has 0 bridgehead atoms. The van der Waals surface area contributed by atoms with E-state index >= 15 is 0 Å². The third-order valence-electron chi connectivity index (χ3n) is 5.00. The van der Waals surface area contributed by atoms with Gasteiger partial charge in [-0.2, -0.15) is 0 Å². The van der Waals surface area contributed by atoms with E-state index in [4.69, 9.17) is 11.6 Å². The Balaban J connectivity index is 1.65. The molecule has 5 heteroatoms. The van der Waals surface area contributed by atoms with Crippen LogP contribution in [-0.4, -0.2) is 39.7 Å². The lowest BCUT2D eigenvalue weighted by atomic mass is 9.72. The third kappa shape index (κ3) is 3.37. The molecule has 0 aromatic carbocycles. The quantitative estimate of drug-likeness (QED) is 0.803. The molecule has 0 spiro atoms. The summed E-state index contributed by atoms with van der Waals surface area (Å²) in [5, 5.41) is 0. The Kier molecular flexibility index (Phi) is 4.73. The molecule has 3 rings (SSSR count). The molecule has 114 valence electrons. The Hall–Kier alpha value is -1.16. The molecule has 1 saturated heterocycles. The largest absolute Gasteiger partial charge is 0.342 e. The van der Waals surface area contributed by atoms with E-state index in [1.807, 2.05) is 11.1 Å². The van der Waals surface area contributed by atoms with E-state index in [2.05, 4.69) is 9.97 Å². The fraction of sp³-hybridized carbons (Fsp3) is 0.688. The van der Waals surface area contributed by atoms with Crippen LogP contribution in [0.15, 0.2) is 18.6 Å². The van der Waals surface area contributed by atoms with Gasteiger partial charge in [0.2, 0.25) is 5.91 Å².